The van der Waals surface area contributed by atoms with Crippen molar-refractivity contribution in [3.8, 4) is 0 Å². The first-order chi connectivity index (χ1) is 28.2. The van der Waals surface area contributed by atoms with Gasteiger partial charge in [0.2, 0.25) is 0 Å². The van der Waals surface area contributed by atoms with Crippen LogP contribution in [0.2, 0.25) is 0 Å². The zero-order chi connectivity index (χ0) is 42.6. The molecule has 0 N–H and O–H groups in total. The van der Waals surface area contributed by atoms with Gasteiger partial charge in [-0.25, -0.2) is 0 Å². The summed E-state index contributed by atoms with van der Waals surface area (Å²) < 4.78 is 16.8. The summed E-state index contributed by atoms with van der Waals surface area (Å²) in [5.41, 5.74) is 0. The van der Waals surface area contributed by atoms with Gasteiger partial charge in [0.15, 0.2) is 6.10 Å². The maximum atomic E-state index is 12.7. The van der Waals surface area contributed by atoms with Crippen LogP contribution in [-0.4, -0.2) is 37.2 Å². The van der Waals surface area contributed by atoms with Gasteiger partial charge in [-0.15, -0.1) is 0 Å². The van der Waals surface area contributed by atoms with Gasteiger partial charge in [0.05, 0.1) is 0 Å². The molecule has 6 heteroatoms. The van der Waals surface area contributed by atoms with Crippen LogP contribution < -0.4 is 0 Å². The summed E-state index contributed by atoms with van der Waals surface area (Å²) in [6.07, 6.45) is 45.3. The highest BCUT2D eigenvalue weighted by Crippen LogP contribution is 2.17. The van der Waals surface area contributed by atoms with E-state index in [0.717, 1.165) is 69.6 Å². The molecular formula is C52H100O6. The van der Waals surface area contributed by atoms with E-state index in [1.807, 2.05) is 0 Å². The second kappa shape index (κ2) is 44.9. The zero-order valence-electron chi connectivity index (χ0n) is 39.7. The second-order valence-electron chi connectivity index (χ2n) is 18.8. The fourth-order valence-corrected chi connectivity index (χ4v) is 7.81. The summed E-state index contributed by atoms with van der Waals surface area (Å²) in [6, 6.07) is 0. The SMILES string of the molecule is CCCCCCCCCCCCCCCCCCC(=O)OC[C@H](COC(=O)CCCCCCCCCCCCCCC(C)C)OC(=O)CCCCCCCCC(C)C. The molecule has 0 aliphatic carbocycles. The van der Waals surface area contributed by atoms with Gasteiger partial charge in [-0.3, -0.25) is 14.4 Å². The molecule has 0 unspecified atom stereocenters. The molecular weight excluding hydrogens is 721 g/mol. The smallest absolute Gasteiger partial charge is 0.306 e. The first-order valence-corrected chi connectivity index (χ1v) is 25.7. The van der Waals surface area contributed by atoms with Crippen molar-refractivity contribution in [3.63, 3.8) is 0 Å². The summed E-state index contributed by atoms with van der Waals surface area (Å²) in [5.74, 6) is 0.739. The molecule has 1 atom stereocenters. The highest BCUT2D eigenvalue weighted by Gasteiger charge is 2.19. The minimum absolute atomic E-state index is 0.0648. The monoisotopic (exact) mass is 821 g/mol. The molecule has 0 amide bonds. The molecule has 0 bridgehead atoms. The first-order valence-electron chi connectivity index (χ1n) is 25.7. The lowest BCUT2D eigenvalue weighted by Crippen LogP contribution is -2.30. The van der Waals surface area contributed by atoms with Crippen LogP contribution >= 0.6 is 0 Å². The summed E-state index contributed by atoms with van der Waals surface area (Å²) in [7, 11) is 0. The van der Waals surface area contributed by atoms with E-state index in [0.29, 0.717) is 19.3 Å². The average Bonchev–Trinajstić information content (AvgIpc) is 3.19. The van der Waals surface area contributed by atoms with Crippen molar-refractivity contribution >= 4 is 17.9 Å². The number of hydrogen-bond donors (Lipinski definition) is 0. The summed E-state index contributed by atoms with van der Waals surface area (Å²) >= 11 is 0. The van der Waals surface area contributed by atoms with Gasteiger partial charge in [-0.1, -0.05) is 247 Å². The standard InChI is InChI=1S/C52H100O6/c1-6-7-8-9-10-11-12-13-14-15-16-20-23-26-32-37-42-50(53)56-45-49(58-52(55)44-39-34-29-28-31-36-41-48(4)5)46-57-51(54)43-38-33-27-24-21-18-17-19-22-25-30-35-40-47(2)3/h47-49H,6-46H2,1-5H3/t49-/m1/s1. The van der Waals surface area contributed by atoms with E-state index in [-0.39, 0.29) is 31.1 Å². The van der Waals surface area contributed by atoms with Crippen molar-refractivity contribution in [2.45, 2.75) is 291 Å². The minimum Gasteiger partial charge on any atom is -0.462 e. The molecule has 0 spiro atoms. The highest BCUT2D eigenvalue weighted by atomic mass is 16.6. The number of unbranched alkanes of at least 4 members (excludes halogenated alkanes) is 31. The van der Waals surface area contributed by atoms with E-state index in [1.165, 1.54) is 173 Å². The lowest BCUT2D eigenvalue weighted by Gasteiger charge is -2.18. The molecule has 0 aliphatic rings. The number of carbonyl (C=O) groups is 3. The van der Waals surface area contributed by atoms with Crippen LogP contribution in [0.1, 0.15) is 285 Å². The van der Waals surface area contributed by atoms with E-state index in [4.69, 9.17) is 14.2 Å². The number of ether oxygens (including phenoxy) is 3. The van der Waals surface area contributed by atoms with Gasteiger partial charge in [0.25, 0.3) is 0 Å². The van der Waals surface area contributed by atoms with Gasteiger partial charge < -0.3 is 14.2 Å². The molecule has 0 aliphatic heterocycles. The number of esters is 3. The zero-order valence-corrected chi connectivity index (χ0v) is 39.7. The highest BCUT2D eigenvalue weighted by molar-refractivity contribution is 5.71. The van der Waals surface area contributed by atoms with Crippen molar-refractivity contribution in [2.24, 2.45) is 11.8 Å². The number of carbonyl (C=O) groups excluding carboxylic acids is 3. The van der Waals surface area contributed by atoms with Crippen molar-refractivity contribution in [3.05, 3.63) is 0 Å². The molecule has 0 heterocycles. The van der Waals surface area contributed by atoms with Crippen molar-refractivity contribution in [1.82, 2.24) is 0 Å². The van der Waals surface area contributed by atoms with Crippen molar-refractivity contribution in [1.29, 1.82) is 0 Å². The molecule has 0 aromatic rings. The van der Waals surface area contributed by atoms with Crippen LogP contribution in [0.25, 0.3) is 0 Å². The van der Waals surface area contributed by atoms with Crippen LogP contribution in [-0.2, 0) is 28.6 Å². The third-order valence-electron chi connectivity index (χ3n) is 11.7. The fourth-order valence-electron chi connectivity index (χ4n) is 7.81. The summed E-state index contributed by atoms with van der Waals surface area (Å²) in [6.45, 7) is 11.3. The normalized spacial score (nSPS) is 12.1. The molecule has 344 valence electrons. The Bertz CT molecular complexity index is 885. The van der Waals surface area contributed by atoms with E-state index in [1.54, 1.807) is 0 Å². The lowest BCUT2D eigenvalue weighted by molar-refractivity contribution is -0.167. The molecule has 0 fully saturated rings. The van der Waals surface area contributed by atoms with Gasteiger partial charge >= 0.3 is 17.9 Å². The topological polar surface area (TPSA) is 78.9 Å². The largest absolute Gasteiger partial charge is 0.462 e. The Morgan fingerprint density at radius 3 is 0.845 bits per heavy atom. The Balaban J connectivity index is 4.24. The lowest BCUT2D eigenvalue weighted by atomic mass is 10.0. The average molecular weight is 821 g/mol. The van der Waals surface area contributed by atoms with Crippen LogP contribution in [0.5, 0.6) is 0 Å². The second-order valence-corrected chi connectivity index (χ2v) is 18.8. The Morgan fingerprint density at radius 2 is 0.569 bits per heavy atom. The van der Waals surface area contributed by atoms with Crippen LogP contribution in [0.3, 0.4) is 0 Å². The Labute approximate surface area is 361 Å². The molecule has 0 aromatic carbocycles. The quantitative estimate of drug-likeness (QED) is 0.0346. The number of rotatable bonds is 46. The molecule has 58 heavy (non-hydrogen) atoms. The third-order valence-corrected chi connectivity index (χ3v) is 11.7. The molecule has 0 saturated heterocycles. The minimum atomic E-state index is -0.762. The predicted octanol–water partition coefficient (Wildman–Crippen LogP) is 16.5. The van der Waals surface area contributed by atoms with Crippen LogP contribution in [0.15, 0.2) is 0 Å². The van der Waals surface area contributed by atoms with E-state index >= 15 is 0 Å². The van der Waals surface area contributed by atoms with E-state index in [2.05, 4.69) is 34.6 Å². The Kier molecular flexibility index (Phi) is 43.7. The molecule has 6 nitrogen and oxygen atoms in total. The molecule has 0 radical (unpaired) electrons. The van der Waals surface area contributed by atoms with Gasteiger partial charge in [0.1, 0.15) is 13.2 Å². The Morgan fingerprint density at radius 1 is 0.328 bits per heavy atom. The van der Waals surface area contributed by atoms with Gasteiger partial charge in [-0.05, 0) is 31.1 Å². The third kappa shape index (κ3) is 45.5. The molecule has 0 saturated carbocycles. The number of hydrogen-bond acceptors (Lipinski definition) is 6. The van der Waals surface area contributed by atoms with E-state index < -0.39 is 6.10 Å². The maximum absolute atomic E-state index is 12.7. The predicted molar refractivity (Wildman–Crippen MR) is 247 cm³/mol. The Hall–Kier alpha value is -1.59. The van der Waals surface area contributed by atoms with Gasteiger partial charge in [0, 0.05) is 19.3 Å². The fraction of sp³-hybridized carbons (Fsp3) is 0.942. The maximum Gasteiger partial charge on any atom is 0.306 e. The molecule has 0 rings (SSSR count). The molecule has 0 aromatic heterocycles. The van der Waals surface area contributed by atoms with Crippen LogP contribution in [0, 0.1) is 11.8 Å². The van der Waals surface area contributed by atoms with Crippen molar-refractivity contribution in [2.75, 3.05) is 13.2 Å². The van der Waals surface area contributed by atoms with Gasteiger partial charge in [-0.2, -0.15) is 0 Å². The first kappa shape index (κ1) is 56.4. The van der Waals surface area contributed by atoms with E-state index in [9.17, 15) is 14.4 Å². The van der Waals surface area contributed by atoms with Crippen LogP contribution in [0.4, 0.5) is 0 Å². The summed E-state index contributed by atoms with van der Waals surface area (Å²) in [5, 5.41) is 0. The van der Waals surface area contributed by atoms with Crippen molar-refractivity contribution < 1.29 is 28.6 Å². The summed E-state index contributed by atoms with van der Waals surface area (Å²) in [4.78, 5) is 37.9.